The number of carbonyl (C=O) groups excluding carboxylic acids is 2. The van der Waals surface area contributed by atoms with Crippen molar-refractivity contribution in [3.63, 3.8) is 0 Å². The zero-order valence-corrected chi connectivity index (χ0v) is 16.5. The molecule has 0 aliphatic carbocycles. The van der Waals surface area contributed by atoms with Crippen LogP contribution in [0.3, 0.4) is 0 Å². The van der Waals surface area contributed by atoms with Gasteiger partial charge in [0.15, 0.2) is 0 Å². The fourth-order valence-electron chi connectivity index (χ4n) is 3.03. The van der Waals surface area contributed by atoms with Crippen molar-refractivity contribution >= 4 is 28.8 Å². The van der Waals surface area contributed by atoms with Crippen molar-refractivity contribution in [2.75, 3.05) is 33.1 Å². The topological polar surface area (TPSA) is 87.7 Å². The molecule has 27 heavy (non-hydrogen) atoms. The summed E-state index contributed by atoms with van der Waals surface area (Å²) < 4.78 is 5.10. The molecule has 8 nitrogen and oxygen atoms in total. The zero-order valence-electron chi connectivity index (χ0n) is 15.6. The first-order valence-corrected chi connectivity index (χ1v) is 9.52. The first kappa shape index (κ1) is 19.2. The lowest BCUT2D eigenvalue weighted by molar-refractivity contribution is -0.133. The number of aromatic nitrogens is 2. The van der Waals surface area contributed by atoms with E-state index in [0.717, 1.165) is 30.1 Å². The number of ether oxygens (including phenoxy) is 1. The maximum atomic E-state index is 12.4. The van der Waals surface area contributed by atoms with Crippen LogP contribution >= 0.6 is 11.3 Å². The number of hydrogen-bond acceptors (Lipinski definition) is 7. The molecular formula is C18H23N5O3S. The number of likely N-dealkylation sites (tertiary alicyclic amines) is 1. The number of amides is 2. The molecule has 0 radical (unpaired) electrons. The Morgan fingerprint density at radius 3 is 2.70 bits per heavy atom. The number of nitrogens with one attached hydrogen (secondary N) is 1. The van der Waals surface area contributed by atoms with Crippen LogP contribution in [0.25, 0.3) is 0 Å². The Labute approximate surface area is 162 Å². The van der Waals surface area contributed by atoms with Gasteiger partial charge in [0.2, 0.25) is 10.9 Å². The van der Waals surface area contributed by atoms with E-state index >= 15 is 0 Å². The quantitative estimate of drug-likeness (QED) is 0.811. The normalized spacial score (nSPS) is 16.9. The molecule has 1 aromatic carbocycles. The highest BCUT2D eigenvalue weighted by atomic mass is 32.1. The Bertz CT molecular complexity index is 806. The van der Waals surface area contributed by atoms with Crippen LogP contribution in [0.1, 0.15) is 27.7 Å². The fourth-order valence-corrected chi connectivity index (χ4v) is 3.80. The summed E-state index contributed by atoms with van der Waals surface area (Å²) in [4.78, 5) is 28.4. The second-order valence-electron chi connectivity index (χ2n) is 6.54. The average Bonchev–Trinajstić information content (AvgIpc) is 3.31. The molecule has 1 fully saturated rings. The summed E-state index contributed by atoms with van der Waals surface area (Å²) in [5.41, 5.74) is 0.661. The third-order valence-corrected chi connectivity index (χ3v) is 5.34. The summed E-state index contributed by atoms with van der Waals surface area (Å²) in [7, 11) is 5.13. The van der Waals surface area contributed by atoms with Gasteiger partial charge in [-0.25, -0.2) is 0 Å². The summed E-state index contributed by atoms with van der Waals surface area (Å²) in [5.74, 6) is 0.527. The molecule has 2 heterocycles. The lowest BCUT2D eigenvalue weighted by Gasteiger charge is -2.24. The molecule has 1 aromatic heterocycles. The number of hydrogen-bond donors (Lipinski definition) is 1. The van der Waals surface area contributed by atoms with Crippen LogP contribution in [0.4, 0.5) is 5.69 Å². The number of likely N-dealkylation sites (N-methyl/N-ethyl adjacent to an activating group) is 1. The maximum Gasteiger partial charge on any atom is 0.286 e. The molecule has 1 saturated heterocycles. The van der Waals surface area contributed by atoms with Gasteiger partial charge in [0.05, 0.1) is 19.7 Å². The molecule has 1 unspecified atom stereocenters. The minimum Gasteiger partial charge on any atom is -0.497 e. The minimum atomic E-state index is -0.300. The van der Waals surface area contributed by atoms with E-state index in [4.69, 9.17) is 4.74 Å². The standard InChI is InChI=1S/C18H23N5O3S/c1-22(2)18(25)14-5-4-10-23(14)11-15-20-21-17(27-15)16(24)19-12-6-8-13(26-3)9-7-12/h6-9,14H,4-5,10-11H2,1-3H3,(H,19,24). The molecular weight excluding hydrogens is 366 g/mol. The molecule has 0 bridgehead atoms. The van der Waals surface area contributed by atoms with Gasteiger partial charge in [-0.15, -0.1) is 10.2 Å². The van der Waals surface area contributed by atoms with E-state index in [2.05, 4.69) is 20.4 Å². The molecule has 1 aliphatic heterocycles. The van der Waals surface area contributed by atoms with E-state index in [1.54, 1.807) is 50.4 Å². The van der Waals surface area contributed by atoms with E-state index in [9.17, 15) is 9.59 Å². The Balaban J connectivity index is 1.62. The molecule has 1 aliphatic rings. The number of rotatable bonds is 6. The predicted octanol–water partition coefficient (Wildman–Crippen LogP) is 1.85. The minimum absolute atomic E-state index is 0.106. The molecule has 144 valence electrons. The maximum absolute atomic E-state index is 12.4. The summed E-state index contributed by atoms with van der Waals surface area (Å²) in [6.07, 6.45) is 1.83. The number of anilines is 1. The van der Waals surface area contributed by atoms with E-state index < -0.39 is 0 Å². The Kier molecular flexibility index (Phi) is 6.02. The first-order chi connectivity index (χ1) is 13.0. The first-order valence-electron chi connectivity index (χ1n) is 8.71. The largest absolute Gasteiger partial charge is 0.497 e. The molecule has 1 N–H and O–H groups in total. The highest BCUT2D eigenvalue weighted by Crippen LogP contribution is 2.23. The van der Waals surface area contributed by atoms with Gasteiger partial charge >= 0.3 is 0 Å². The third kappa shape index (κ3) is 4.61. The molecule has 2 amide bonds. The monoisotopic (exact) mass is 389 g/mol. The second-order valence-corrected chi connectivity index (χ2v) is 7.61. The zero-order chi connectivity index (χ0) is 19.4. The van der Waals surface area contributed by atoms with E-state index in [0.29, 0.717) is 17.2 Å². The van der Waals surface area contributed by atoms with Crippen molar-refractivity contribution in [3.05, 3.63) is 34.3 Å². The molecule has 3 rings (SSSR count). The lowest BCUT2D eigenvalue weighted by atomic mass is 10.2. The highest BCUT2D eigenvalue weighted by Gasteiger charge is 2.32. The van der Waals surface area contributed by atoms with Gasteiger partial charge in [0.1, 0.15) is 10.8 Å². The van der Waals surface area contributed by atoms with Gasteiger partial charge < -0.3 is 15.0 Å². The Hall–Kier alpha value is -2.52. The van der Waals surface area contributed by atoms with Gasteiger partial charge in [-0.1, -0.05) is 11.3 Å². The van der Waals surface area contributed by atoms with Crippen LogP contribution in [0.2, 0.25) is 0 Å². The average molecular weight is 389 g/mol. The summed E-state index contributed by atoms with van der Waals surface area (Å²) in [6.45, 7) is 1.37. The second kappa shape index (κ2) is 8.45. The smallest absolute Gasteiger partial charge is 0.286 e. The van der Waals surface area contributed by atoms with Crippen molar-refractivity contribution < 1.29 is 14.3 Å². The summed E-state index contributed by atoms with van der Waals surface area (Å²) in [5, 5.41) is 12.0. The Morgan fingerprint density at radius 2 is 2.04 bits per heavy atom. The van der Waals surface area contributed by atoms with Crippen LogP contribution < -0.4 is 10.1 Å². The molecule has 0 saturated carbocycles. The van der Waals surface area contributed by atoms with Crippen molar-refractivity contribution in [3.8, 4) is 5.75 Å². The Morgan fingerprint density at radius 1 is 1.30 bits per heavy atom. The van der Waals surface area contributed by atoms with Crippen LogP contribution in [-0.2, 0) is 11.3 Å². The van der Waals surface area contributed by atoms with Crippen LogP contribution in [0.5, 0.6) is 5.75 Å². The van der Waals surface area contributed by atoms with Crippen molar-refractivity contribution in [2.45, 2.75) is 25.4 Å². The highest BCUT2D eigenvalue weighted by molar-refractivity contribution is 7.13. The number of methoxy groups -OCH3 is 1. The third-order valence-electron chi connectivity index (χ3n) is 4.44. The van der Waals surface area contributed by atoms with Gasteiger partial charge in [0.25, 0.3) is 5.91 Å². The van der Waals surface area contributed by atoms with Crippen molar-refractivity contribution in [1.29, 1.82) is 0 Å². The van der Waals surface area contributed by atoms with Gasteiger partial charge in [-0.05, 0) is 43.7 Å². The van der Waals surface area contributed by atoms with Gasteiger partial charge in [0, 0.05) is 19.8 Å². The number of carbonyl (C=O) groups is 2. The molecule has 0 spiro atoms. The van der Waals surface area contributed by atoms with Crippen molar-refractivity contribution in [2.24, 2.45) is 0 Å². The number of nitrogens with zero attached hydrogens (tertiary/aromatic N) is 4. The lowest BCUT2D eigenvalue weighted by Crippen LogP contribution is -2.42. The van der Waals surface area contributed by atoms with Gasteiger partial charge in [-0.2, -0.15) is 0 Å². The molecule has 9 heteroatoms. The molecule has 1 atom stereocenters. The molecule has 2 aromatic rings. The van der Waals surface area contributed by atoms with E-state index in [1.165, 1.54) is 11.3 Å². The fraction of sp³-hybridized carbons (Fsp3) is 0.444. The summed E-state index contributed by atoms with van der Waals surface area (Å²) >= 11 is 1.25. The number of benzene rings is 1. The SMILES string of the molecule is COc1ccc(NC(=O)c2nnc(CN3CCCC3C(=O)N(C)C)s2)cc1. The predicted molar refractivity (Wildman–Crippen MR) is 103 cm³/mol. The van der Waals surface area contributed by atoms with Crippen LogP contribution in [0, 0.1) is 0 Å². The van der Waals surface area contributed by atoms with Gasteiger partial charge in [-0.3, -0.25) is 14.5 Å². The van der Waals surface area contributed by atoms with Crippen LogP contribution in [0.15, 0.2) is 24.3 Å². The van der Waals surface area contributed by atoms with Crippen molar-refractivity contribution in [1.82, 2.24) is 20.0 Å². The van der Waals surface area contributed by atoms with Crippen LogP contribution in [-0.4, -0.2) is 65.6 Å². The van der Waals surface area contributed by atoms with E-state index in [1.807, 2.05) is 0 Å². The summed E-state index contributed by atoms with van der Waals surface area (Å²) in [6, 6.07) is 6.95. The van der Waals surface area contributed by atoms with E-state index in [-0.39, 0.29) is 17.9 Å².